The first-order valence-corrected chi connectivity index (χ1v) is 5.28. The molecule has 1 aromatic carbocycles. The first-order valence-electron chi connectivity index (χ1n) is 5.28. The number of hydrogen-bond donors (Lipinski definition) is 1. The van der Waals surface area contributed by atoms with Crippen LogP contribution in [0, 0.1) is 17.6 Å². The van der Waals surface area contributed by atoms with E-state index in [0.717, 1.165) is 11.6 Å². The summed E-state index contributed by atoms with van der Waals surface area (Å²) in [5.41, 5.74) is 6.37. The molecule has 0 bridgehead atoms. The molecule has 2 N–H and O–H groups in total. The summed E-state index contributed by atoms with van der Waals surface area (Å²) in [7, 11) is 3.80. The molecule has 0 aliphatic heterocycles. The van der Waals surface area contributed by atoms with Crippen LogP contribution in [-0.4, -0.2) is 25.5 Å². The highest BCUT2D eigenvalue weighted by atomic mass is 19.2. The zero-order valence-electron chi connectivity index (χ0n) is 9.87. The second-order valence-electron chi connectivity index (χ2n) is 4.29. The van der Waals surface area contributed by atoms with Gasteiger partial charge < -0.3 is 10.6 Å². The zero-order valence-corrected chi connectivity index (χ0v) is 9.87. The van der Waals surface area contributed by atoms with Gasteiger partial charge in [-0.15, -0.1) is 0 Å². The molecule has 16 heavy (non-hydrogen) atoms. The molecule has 2 atom stereocenters. The molecule has 0 fully saturated rings. The van der Waals surface area contributed by atoms with Crippen molar-refractivity contribution in [3.05, 3.63) is 35.4 Å². The van der Waals surface area contributed by atoms with Crippen molar-refractivity contribution in [3.63, 3.8) is 0 Å². The van der Waals surface area contributed by atoms with Crippen LogP contribution in [0.3, 0.4) is 0 Å². The third-order valence-electron chi connectivity index (χ3n) is 2.75. The molecule has 0 amide bonds. The van der Waals surface area contributed by atoms with Gasteiger partial charge in [0.15, 0.2) is 11.6 Å². The highest BCUT2D eigenvalue weighted by Gasteiger charge is 2.21. The molecule has 0 aliphatic carbocycles. The van der Waals surface area contributed by atoms with E-state index in [-0.39, 0.29) is 12.0 Å². The summed E-state index contributed by atoms with van der Waals surface area (Å²) in [4.78, 5) is 1.96. The van der Waals surface area contributed by atoms with Crippen molar-refractivity contribution in [3.8, 4) is 0 Å². The van der Waals surface area contributed by atoms with E-state index in [9.17, 15) is 8.78 Å². The third-order valence-corrected chi connectivity index (χ3v) is 2.75. The average Bonchev–Trinajstić information content (AvgIpc) is 2.22. The molecule has 2 unspecified atom stereocenters. The Balaban J connectivity index is 3.06. The first kappa shape index (κ1) is 13.1. The Kier molecular flexibility index (Phi) is 4.38. The van der Waals surface area contributed by atoms with E-state index in [4.69, 9.17) is 5.73 Å². The monoisotopic (exact) mass is 228 g/mol. The van der Waals surface area contributed by atoms with Crippen molar-refractivity contribution in [2.24, 2.45) is 11.7 Å². The van der Waals surface area contributed by atoms with E-state index in [1.165, 1.54) is 6.07 Å². The van der Waals surface area contributed by atoms with E-state index < -0.39 is 11.6 Å². The summed E-state index contributed by atoms with van der Waals surface area (Å²) >= 11 is 0. The summed E-state index contributed by atoms with van der Waals surface area (Å²) in [6.45, 7) is 2.49. The molecular weight excluding hydrogens is 210 g/mol. The predicted molar refractivity (Wildman–Crippen MR) is 61.0 cm³/mol. The summed E-state index contributed by atoms with van der Waals surface area (Å²) in [5, 5.41) is 0. The van der Waals surface area contributed by atoms with E-state index in [1.807, 2.05) is 25.9 Å². The minimum absolute atomic E-state index is 0.0000926. The lowest BCUT2D eigenvalue weighted by molar-refractivity contribution is 0.226. The fourth-order valence-corrected chi connectivity index (χ4v) is 1.96. The quantitative estimate of drug-likeness (QED) is 0.855. The molecule has 0 aliphatic rings. The molecule has 1 rings (SSSR count). The maximum absolute atomic E-state index is 13.1. The second kappa shape index (κ2) is 5.37. The van der Waals surface area contributed by atoms with Crippen LogP contribution in [0.2, 0.25) is 0 Å². The van der Waals surface area contributed by atoms with Crippen molar-refractivity contribution in [1.82, 2.24) is 4.90 Å². The number of nitrogens with zero attached hydrogens (tertiary/aromatic N) is 1. The van der Waals surface area contributed by atoms with Crippen molar-refractivity contribution in [2.45, 2.75) is 13.0 Å². The van der Waals surface area contributed by atoms with Crippen LogP contribution in [-0.2, 0) is 0 Å². The molecule has 0 spiro atoms. The lowest BCUT2D eigenvalue weighted by atomic mass is 9.93. The van der Waals surface area contributed by atoms with Gasteiger partial charge in [0, 0.05) is 6.04 Å². The van der Waals surface area contributed by atoms with E-state index in [0.29, 0.717) is 6.54 Å². The molecule has 2 nitrogen and oxygen atoms in total. The largest absolute Gasteiger partial charge is 0.330 e. The van der Waals surface area contributed by atoms with Crippen molar-refractivity contribution < 1.29 is 8.78 Å². The summed E-state index contributed by atoms with van der Waals surface area (Å²) in [5.74, 6) is -1.45. The number of halogens is 2. The molecule has 4 heteroatoms. The molecule has 0 aromatic heterocycles. The number of benzene rings is 1. The lowest BCUT2D eigenvalue weighted by Gasteiger charge is -2.29. The summed E-state index contributed by atoms with van der Waals surface area (Å²) in [6.07, 6.45) is 0. The standard InChI is InChI=1S/C12H18F2N2/c1-8(7-15)12(16(2)3)9-4-5-10(13)11(14)6-9/h4-6,8,12H,7,15H2,1-3H3. The Hall–Kier alpha value is -1.00. The van der Waals surface area contributed by atoms with Crippen LogP contribution >= 0.6 is 0 Å². The topological polar surface area (TPSA) is 29.3 Å². The predicted octanol–water partition coefficient (Wildman–Crippen LogP) is 2.16. The Morgan fingerprint density at radius 3 is 2.31 bits per heavy atom. The van der Waals surface area contributed by atoms with Gasteiger partial charge in [0.05, 0.1) is 0 Å². The van der Waals surface area contributed by atoms with Gasteiger partial charge in [-0.05, 0) is 44.3 Å². The molecule has 0 heterocycles. The van der Waals surface area contributed by atoms with Gasteiger partial charge in [0.25, 0.3) is 0 Å². The smallest absolute Gasteiger partial charge is 0.159 e. The van der Waals surface area contributed by atoms with Gasteiger partial charge in [0.1, 0.15) is 0 Å². The Morgan fingerprint density at radius 2 is 1.88 bits per heavy atom. The lowest BCUT2D eigenvalue weighted by Crippen LogP contribution is -2.30. The molecule has 90 valence electrons. The maximum atomic E-state index is 13.1. The van der Waals surface area contributed by atoms with Gasteiger partial charge in [-0.25, -0.2) is 8.78 Å². The van der Waals surface area contributed by atoms with E-state index in [2.05, 4.69) is 0 Å². The van der Waals surface area contributed by atoms with Gasteiger partial charge >= 0.3 is 0 Å². The third kappa shape index (κ3) is 2.77. The minimum atomic E-state index is -0.818. The summed E-state index contributed by atoms with van der Waals surface area (Å²) in [6, 6.07) is 4.01. The fraction of sp³-hybridized carbons (Fsp3) is 0.500. The van der Waals surface area contributed by atoms with Gasteiger partial charge in [-0.2, -0.15) is 0 Å². The molecular formula is C12H18F2N2. The Labute approximate surface area is 95.1 Å². The van der Waals surface area contributed by atoms with Crippen LogP contribution in [0.5, 0.6) is 0 Å². The highest BCUT2D eigenvalue weighted by molar-refractivity contribution is 5.22. The second-order valence-corrected chi connectivity index (χ2v) is 4.29. The SMILES string of the molecule is CC(CN)C(c1ccc(F)c(F)c1)N(C)C. The van der Waals surface area contributed by atoms with Crippen LogP contribution in [0.15, 0.2) is 18.2 Å². The Morgan fingerprint density at radius 1 is 1.25 bits per heavy atom. The van der Waals surface area contributed by atoms with Gasteiger partial charge in [0.2, 0.25) is 0 Å². The highest BCUT2D eigenvalue weighted by Crippen LogP contribution is 2.27. The first-order chi connectivity index (χ1) is 7.47. The van der Waals surface area contributed by atoms with Gasteiger partial charge in [-0.1, -0.05) is 13.0 Å². The zero-order chi connectivity index (χ0) is 12.3. The number of hydrogen-bond acceptors (Lipinski definition) is 2. The number of rotatable bonds is 4. The van der Waals surface area contributed by atoms with Crippen molar-refractivity contribution in [2.75, 3.05) is 20.6 Å². The van der Waals surface area contributed by atoms with E-state index >= 15 is 0 Å². The van der Waals surface area contributed by atoms with Crippen LogP contribution in [0.1, 0.15) is 18.5 Å². The van der Waals surface area contributed by atoms with Crippen LogP contribution in [0.25, 0.3) is 0 Å². The van der Waals surface area contributed by atoms with Crippen molar-refractivity contribution >= 4 is 0 Å². The normalized spacial score (nSPS) is 15.2. The van der Waals surface area contributed by atoms with Gasteiger partial charge in [-0.3, -0.25) is 0 Å². The fourth-order valence-electron chi connectivity index (χ4n) is 1.96. The number of nitrogens with two attached hydrogens (primary N) is 1. The van der Waals surface area contributed by atoms with Crippen LogP contribution in [0.4, 0.5) is 8.78 Å². The van der Waals surface area contributed by atoms with Crippen molar-refractivity contribution in [1.29, 1.82) is 0 Å². The maximum Gasteiger partial charge on any atom is 0.159 e. The molecule has 1 aromatic rings. The molecule has 0 radical (unpaired) electrons. The molecule has 0 saturated heterocycles. The van der Waals surface area contributed by atoms with E-state index in [1.54, 1.807) is 6.07 Å². The summed E-state index contributed by atoms with van der Waals surface area (Å²) < 4.78 is 26.0. The Bertz CT molecular complexity index is 353. The molecule has 0 saturated carbocycles. The minimum Gasteiger partial charge on any atom is -0.330 e. The average molecular weight is 228 g/mol. The van der Waals surface area contributed by atoms with Crippen LogP contribution < -0.4 is 5.73 Å².